The summed E-state index contributed by atoms with van der Waals surface area (Å²) in [5, 5.41) is 4.03. The molecule has 4 heteroatoms. The minimum absolute atomic E-state index is 0.0183. The summed E-state index contributed by atoms with van der Waals surface area (Å²) in [7, 11) is 0. The van der Waals surface area contributed by atoms with E-state index in [0.29, 0.717) is 6.42 Å². The van der Waals surface area contributed by atoms with Crippen molar-refractivity contribution in [3.8, 4) is 0 Å². The number of benzene rings is 1. The molecule has 0 spiro atoms. The lowest BCUT2D eigenvalue weighted by atomic mass is 10.0. The molecule has 2 heterocycles. The molecule has 3 aromatic rings. The molecule has 2 aromatic heterocycles. The Kier molecular flexibility index (Phi) is 4.15. The van der Waals surface area contributed by atoms with Gasteiger partial charge >= 0.3 is 0 Å². The van der Waals surface area contributed by atoms with Crippen molar-refractivity contribution in [3.63, 3.8) is 0 Å². The van der Waals surface area contributed by atoms with Gasteiger partial charge in [-0.15, -0.1) is 0 Å². The zero-order valence-electron chi connectivity index (χ0n) is 13.6. The van der Waals surface area contributed by atoms with Crippen LogP contribution in [0.1, 0.15) is 35.2 Å². The molecule has 0 fully saturated rings. The van der Waals surface area contributed by atoms with Crippen LogP contribution < -0.4 is 5.32 Å². The van der Waals surface area contributed by atoms with E-state index >= 15 is 0 Å². The molecular formula is C19H20N2O2. The number of nitrogens with zero attached hydrogens (tertiary/aromatic N) is 1. The van der Waals surface area contributed by atoms with Gasteiger partial charge in [-0.25, -0.2) is 0 Å². The Balaban J connectivity index is 1.75. The average molecular weight is 308 g/mol. The molecule has 1 unspecified atom stereocenters. The van der Waals surface area contributed by atoms with Crippen LogP contribution in [0, 0.1) is 13.8 Å². The van der Waals surface area contributed by atoms with E-state index in [1.54, 1.807) is 18.7 Å². The van der Waals surface area contributed by atoms with Crippen LogP contribution in [0.3, 0.4) is 0 Å². The van der Waals surface area contributed by atoms with E-state index in [4.69, 9.17) is 4.42 Å². The third-order valence-corrected chi connectivity index (χ3v) is 4.28. The van der Waals surface area contributed by atoms with Crippen molar-refractivity contribution in [3.05, 3.63) is 65.2 Å². The van der Waals surface area contributed by atoms with Crippen molar-refractivity contribution in [2.75, 3.05) is 0 Å². The Morgan fingerprint density at radius 3 is 2.70 bits per heavy atom. The maximum absolute atomic E-state index is 12.3. The number of aromatic nitrogens is 1. The number of fused-ring (bicyclic) bond motifs is 1. The number of nitrogens with one attached hydrogen (secondary N) is 1. The average Bonchev–Trinajstić information content (AvgIpc) is 2.95. The second kappa shape index (κ2) is 6.24. The van der Waals surface area contributed by atoms with Crippen LogP contribution in [-0.4, -0.2) is 10.9 Å². The summed E-state index contributed by atoms with van der Waals surface area (Å²) in [6.07, 6.45) is 5.46. The Morgan fingerprint density at radius 1 is 1.22 bits per heavy atom. The van der Waals surface area contributed by atoms with Gasteiger partial charge in [-0.3, -0.25) is 9.78 Å². The Labute approximate surface area is 135 Å². The van der Waals surface area contributed by atoms with Crippen LogP contribution >= 0.6 is 0 Å². The van der Waals surface area contributed by atoms with Gasteiger partial charge in [0, 0.05) is 23.3 Å². The summed E-state index contributed by atoms with van der Waals surface area (Å²) in [6.45, 7) is 6.06. The molecule has 0 saturated heterocycles. The highest BCUT2D eigenvalue weighted by Crippen LogP contribution is 2.26. The monoisotopic (exact) mass is 308 g/mol. The fraction of sp³-hybridized carbons (Fsp3) is 0.263. The first kappa shape index (κ1) is 15.3. The fourth-order valence-electron chi connectivity index (χ4n) is 2.73. The van der Waals surface area contributed by atoms with E-state index < -0.39 is 0 Å². The van der Waals surface area contributed by atoms with E-state index in [9.17, 15) is 4.79 Å². The van der Waals surface area contributed by atoms with Crippen molar-refractivity contribution >= 4 is 16.9 Å². The number of hydrogen-bond acceptors (Lipinski definition) is 3. The minimum atomic E-state index is -0.0485. The fourth-order valence-corrected chi connectivity index (χ4v) is 2.73. The van der Waals surface area contributed by atoms with Gasteiger partial charge in [0.25, 0.3) is 0 Å². The van der Waals surface area contributed by atoms with Crippen LogP contribution in [0.15, 0.2) is 47.3 Å². The summed E-state index contributed by atoms with van der Waals surface area (Å²) < 4.78 is 5.66. The number of aryl methyl sites for hydroxylation is 2. The van der Waals surface area contributed by atoms with E-state index in [1.807, 2.05) is 32.0 Å². The molecule has 1 aromatic carbocycles. The first-order valence-electron chi connectivity index (χ1n) is 7.72. The number of hydrogen-bond donors (Lipinski definition) is 1. The van der Waals surface area contributed by atoms with E-state index in [0.717, 1.165) is 27.7 Å². The first-order valence-corrected chi connectivity index (χ1v) is 7.72. The smallest absolute Gasteiger partial charge is 0.225 e. The Hall–Kier alpha value is -2.62. The molecule has 1 amide bonds. The minimum Gasteiger partial charge on any atom is -0.464 e. The van der Waals surface area contributed by atoms with Crippen molar-refractivity contribution in [1.82, 2.24) is 10.3 Å². The predicted molar refractivity (Wildman–Crippen MR) is 90.2 cm³/mol. The highest BCUT2D eigenvalue weighted by atomic mass is 16.3. The van der Waals surface area contributed by atoms with Crippen LogP contribution in [-0.2, 0) is 11.2 Å². The Morgan fingerprint density at radius 2 is 1.96 bits per heavy atom. The lowest BCUT2D eigenvalue weighted by molar-refractivity contribution is -0.121. The van der Waals surface area contributed by atoms with Crippen molar-refractivity contribution in [2.24, 2.45) is 0 Å². The zero-order valence-corrected chi connectivity index (χ0v) is 13.6. The number of carbonyl (C=O) groups excluding carboxylic acids is 1. The SMILES string of the molecule is Cc1ccc2c(CC(=O)NC(C)c3ccncc3)coc2c1C. The van der Waals surface area contributed by atoms with Gasteiger partial charge in [0.1, 0.15) is 5.58 Å². The second-order valence-electron chi connectivity index (χ2n) is 5.89. The van der Waals surface area contributed by atoms with Crippen LogP contribution in [0.25, 0.3) is 11.0 Å². The largest absolute Gasteiger partial charge is 0.464 e. The zero-order chi connectivity index (χ0) is 16.4. The van der Waals surface area contributed by atoms with Crippen LogP contribution in [0.2, 0.25) is 0 Å². The maximum Gasteiger partial charge on any atom is 0.225 e. The van der Waals surface area contributed by atoms with Gasteiger partial charge in [0.05, 0.1) is 18.7 Å². The third-order valence-electron chi connectivity index (χ3n) is 4.28. The van der Waals surface area contributed by atoms with Gasteiger partial charge in [-0.2, -0.15) is 0 Å². The summed E-state index contributed by atoms with van der Waals surface area (Å²) in [6, 6.07) is 7.85. The maximum atomic E-state index is 12.3. The first-order chi connectivity index (χ1) is 11.1. The molecule has 4 nitrogen and oxygen atoms in total. The lowest BCUT2D eigenvalue weighted by Gasteiger charge is -2.13. The van der Waals surface area contributed by atoms with Crippen molar-refractivity contribution in [2.45, 2.75) is 33.2 Å². The highest BCUT2D eigenvalue weighted by molar-refractivity contribution is 5.89. The molecule has 0 aliphatic carbocycles. The third kappa shape index (κ3) is 3.11. The van der Waals surface area contributed by atoms with Gasteiger partial charge in [0.2, 0.25) is 5.91 Å². The molecule has 0 saturated carbocycles. The van der Waals surface area contributed by atoms with Gasteiger partial charge < -0.3 is 9.73 Å². The van der Waals surface area contributed by atoms with E-state index in [1.165, 1.54) is 5.56 Å². The van der Waals surface area contributed by atoms with Gasteiger partial charge in [-0.1, -0.05) is 12.1 Å². The topological polar surface area (TPSA) is 55.1 Å². The summed E-state index contributed by atoms with van der Waals surface area (Å²) in [4.78, 5) is 16.3. The molecular weight excluding hydrogens is 288 g/mol. The molecule has 3 rings (SSSR count). The van der Waals surface area contributed by atoms with Crippen molar-refractivity contribution < 1.29 is 9.21 Å². The van der Waals surface area contributed by atoms with Crippen LogP contribution in [0.4, 0.5) is 0 Å². The molecule has 1 atom stereocenters. The summed E-state index contributed by atoms with van der Waals surface area (Å²) in [5.41, 5.74) is 5.14. The van der Waals surface area contributed by atoms with Crippen molar-refractivity contribution in [1.29, 1.82) is 0 Å². The molecule has 0 bridgehead atoms. The Bertz CT molecular complexity index is 837. The summed E-state index contributed by atoms with van der Waals surface area (Å²) in [5.74, 6) is -0.0183. The molecule has 118 valence electrons. The van der Waals surface area contributed by atoms with Gasteiger partial charge in [-0.05, 0) is 49.6 Å². The summed E-state index contributed by atoms with van der Waals surface area (Å²) >= 11 is 0. The van der Waals surface area contributed by atoms with Gasteiger partial charge in [0.15, 0.2) is 0 Å². The normalized spacial score (nSPS) is 12.3. The number of pyridine rings is 1. The number of carbonyl (C=O) groups is 1. The second-order valence-corrected chi connectivity index (χ2v) is 5.89. The number of amides is 1. The quantitative estimate of drug-likeness (QED) is 0.796. The standard InChI is InChI=1S/C19H20N2O2/c1-12-4-5-17-16(11-23-19(17)13(12)2)10-18(22)21-14(3)15-6-8-20-9-7-15/h4-9,11,14H,10H2,1-3H3,(H,21,22). The predicted octanol–water partition coefficient (Wildman–Crippen LogP) is 3.86. The lowest BCUT2D eigenvalue weighted by Crippen LogP contribution is -2.28. The highest BCUT2D eigenvalue weighted by Gasteiger charge is 2.14. The van der Waals surface area contributed by atoms with Crippen LogP contribution in [0.5, 0.6) is 0 Å². The number of furan rings is 1. The van der Waals surface area contributed by atoms with E-state index in [2.05, 4.69) is 23.3 Å². The molecule has 0 aliphatic heterocycles. The molecule has 1 N–H and O–H groups in total. The molecule has 0 aliphatic rings. The van der Waals surface area contributed by atoms with E-state index in [-0.39, 0.29) is 11.9 Å². The molecule has 0 radical (unpaired) electrons. The number of rotatable bonds is 4. The molecule has 23 heavy (non-hydrogen) atoms.